The number of esters is 1. The van der Waals surface area contributed by atoms with Crippen LogP contribution < -0.4 is 10.3 Å². The molecule has 0 bridgehead atoms. The molecule has 0 saturated heterocycles. The van der Waals surface area contributed by atoms with Crippen molar-refractivity contribution in [3.8, 4) is 0 Å². The van der Waals surface area contributed by atoms with Crippen LogP contribution in [0.3, 0.4) is 0 Å². The number of carbonyl (C=O) groups is 3. The number of hydrogen-bond acceptors (Lipinski definition) is 5. The molecule has 0 radical (unpaired) electrons. The maximum absolute atomic E-state index is 12.3. The van der Waals surface area contributed by atoms with E-state index >= 15 is 0 Å². The predicted molar refractivity (Wildman–Crippen MR) is 105 cm³/mol. The third-order valence-electron chi connectivity index (χ3n) is 4.28. The zero-order chi connectivity index (χ0) is 19.9. The topological polar surface area (TPSA) is 88.1 Å². The summed E-state index contributed by atoms with van der Waals surface area (Å²) in [5, 5.41) is 8.08. The van der Waals surface area contributed by atoms with E-state index < -0.39 is 18.5 Å². The van der Waals surface area contributed by atoms with Gasteiger partial charge in [-0.05, 0) is 24.6 Å². The van der Waals surface area contributed by atoms with Crippen LogP contribution in [0, 0.1) is 0 Å². The first-order valence-corrected chi connectivity index (χ1v) is 9.01. The average molecular weight is 379 g/mol. The molecule has 0 unspecified atom stereocenters. The van der Waals surface area contributed by atoms with Crippen molar-refractivity contribution >= 4 is 29.2 Å². The van der Waals surface area contributed by atoms with E-state index in [1.165, 1.54) is 5.01 Å². The standard InChI is InChI=1S/C21H21N3O4/c1-15(16-8-4-2-5-9-16)22-19(25)14-28-21(27)18-12-13-20(26)24(23-18)17-10-6-3-7-11-17/h2-11,15H,12-14H2,1H3,(H,22,25)/t15-/m1/s1. The fourth-order valence-electron chi connectivity index (χ4n) is 2.79. The molecule has 1 aliphatic heterocycles. The maximum Gasteiger partial charge on any atom is 0.355 e. The normalized spacial score (nSPS) is 14.8. The largest absolute Gasteiger partial charge is 0.451 e. The third-order valence-corrected chi connectivity index (χ3v) is 4.28. The van der Waals surface area contributed by atoms with Crippen molar-refractivity contribution in [1.29, 1.82) is 0 Å². The molecule has 7 heteroatoms. The molecule has 0 saturated carbocycles. The van der Waals surface area contributed by atoms with Crippen LogP contribution in [-0.4, -0.2) is 30.1 Å². The average Bonchev–Trinajstić information content (AvgIpc) is 2.73. The van der Waals surface area contributed by atoms with Gasteiger partial charge in [0.2, 0.25) is 5.91 Å². The maximum atomic E-state index is 12.3. The van der Waals surface area contributed by atoms with E-state index in [-0.39, 0.29) is 30.5 Å². The van der Waals surface area contributed by atoms with Gasteiger partial charge in [0, 0.05) is 12.8 Å². The van der Waals surface area contributed by atoms with Gasteiger partial charge in [0.15, 0.2) is 6.61 Å². The first-order chi connectivity index (χ1) is 13.5. The van der Waals surface area contributed by atoms with Crippen molar-refractivity contribution in [1.82, 2.24) is 5.32 Å². The molecule has 144 valence electrons. The molecule has 2 aromatic carbocycles. The number of nitrogens with one attached hydrogen (secondary N) is 1. The highest BCUT2D eigenvalue weighted by atomic mass is 16.5. The predicted octanol–water partition coefficient (Wildman–Crippen LogP) is 2.59. The molecule has 0 aromatic heterocycles. The summed E-state index contributed by atoms with van der Waals surface area (Å²) in [5.41, 5.74) is 1.65. The van der Waals surface area contributed by atoms with E-state index in [0.29, 0.717) is 5.69 Å². The Bertz CT molecular complexity index is 881. The summed E-state index contributed by atoms with van der Waals surface area (Å²) < 4.78 is 5.08. The first kappa shape index (κ1) is 19.3. The molecular weight excluding hydrogens is 358 g/mol. The zero-order valence-corrected chi connectivity index (χ0v) is 15.5. The molecule has 0 aliphatic carbocycles. The number of benzene rings is 2. The first-order valence-electron chi connectivity index (χ1n) is 9.01. The Morgan fingerprint density at radius 2 is 1.71 bits per heavy atom. The van der Waals surface area contributed by atoms with Crippen LogP contribution in [0.4, 0.5) is 5.69 Å². The highest BCUT2D eigenvalue weighted by Gasteiger charge is 2.26. The molecule has 1 atom stereocenters. The highest BCUT2D eigenvalue weighted by Crippen LogP contribution is 2.20. The van der Waals surface area contributed by atoms with Gasteiger partial charge in [-0.25, -0.2) is 9.80 Å². The van der Waals surface area contributed by atoms with E-state index in [9.17, 15) is 14.4 Å². The van der Waals surface area contributed by atoms with E-state index in [2.05, 4.69) is 10.4 Å². The molecule has 1 aliphatic rings. The van der Waals surface area contributed by atoms with Gasteiger partial charge in [0.1, 0.15) is 5.71 Å². The molecule has 1 heterocycles. The number of ether oxygens (including phenoxy) is 1. The SMILES string of the molecule is C[C@@H](NC(=O)COC(=O)C1=NN(c2ccccc2)C(=O)CC1)c1ccccc1. The highest BCUT2D eigenvalue weighted by molar-refractivity contribution is 6.38. The Labute approximate surface area is 163 Å². The molecule has 0 spiro atoms. The molecule has 1 N–H and O–H groups in total. The Morgan fingerprint density at radius 3 is 2.39 bits per heavy atom. The lowest BCUT2D eigenvalue weighted by Gasteiger charge is -2.22. The van der Waals surface area contributed by atoms with E-state index in [4.69, 9.17) is 4.74 Å². The van der Waals surface area contributed by atoms with Crippen LogP contribution in [0.5, 0.6) is 0 Å². The summed E-state index contributed by atoms with van der Waals surface area (Å²) in [4.78, 5) is 36.4. The fourth-order valence-corrected chi connectivity index (χ4v) is 2.79. The number of nitrogens with zero attached hydrogens (tertiary/aromatic N) is 2. The Balaban J connectivity index is 1.57. The molecule has 2 amide bonds. The summed E-state index contributed by atoms with van der Waals surface area (Å²) in [6.07, 6.45) is 0.336. The lowest BCUT2D eigenvalue weighted by molar-refractivity contribution is -0.142. The summed E-state index contributed by atoms with van der Waals surface area (Å²) in [5.74, 6) is -1.30. The van der Waals surface area contributed by atoms with Gasteiger partial charge in [0.05, 0.1) is 11.7 Å². The van der Waals surface area contributed by atoms with Crippen LogP contribution in [0.25, 0.3) is 0 Å². The van der Waals surface area contributed by atoms with Gasteiger partial charge >= 0.3 is 5.97 Å². The minimum absolute atomic E-state index is 0.118. The van der Waals surface area contributed by atoms with Crippen LogP contribution >= 0.6 is 0 Å². The molecule has 7 nitrogen and oxygen atoms in total. The van der Waals surface area contributed by atoms with Gasteiger partial charge in [-0.2, -0.15) is 5.10 Å². The summed E-state index contributed by atoms with van der Waals surface area (Å²) >= 11 is 0. The van der Waals surface area contributed by atoms with Crippen LogP contribution in [0.1, 0.15) is 31.4 Å². The quantitative estimate of drug-likeness (QED) is 0.782. The van der Waals surface area contributed by atoms with E-state index in [0.717, 1.165) is 5.56 Å². The number of rotatable bonds is 6. The number of amides is 2. The smallest absolute Gasteiger partial charge is 0.355 e. The van der Waals surface area contributed by atoms with Crippen LogP contribution in [0.15, 0.2) is 65.8 Å². The number of para-hydroxylation sites is 1. The van der Waals surface area contributed by atoms with Gasteiger partial charge in [-0.15, -0.1) is 0 Å². The van der Waals surface area contributed by atoms with E-state index in [1.807, 2.05) is 43.3 Å². The van der Waals surface area contributed by atoms with Crippen molar-refractivity contribution in [2.75, 3.05) is 11.6 Å². The van der Waals surface area contributed by atoms with Gasteiger partial charge < -0.3 is 10.1 Å². The Morgan fingerprint density at radius 1 is 1.07 bits per heavy atom. The zero-order valence-electron chi connectivity index (χ0n) is 15.5. The van der Waals surface area contributed by atoms with Gasteiger partial charge in [0.25, 0.3) is 5.91 Å². The number of hydrogen-bond donors (Lipinski definition) is 1. The fraction of sp³-hybridized carbons (Fsp3) is 0.238. The summed E-state index contributed by atoms with van der Waals surface area (Å²) in [7, 11) is 0. The summed E-state index contributed by atoms with van der Waals surface area (Å²) in [6, 6.07) is 18.1. The molecule has 0 fully saturated rings. The van der Waals surface area contributed by atoms with Crippen LogP contribution in [-0.2, 0) is 19.1 Å². The summed E-state index contributed by atoms with van der Waals surface area (Å²) in [6.45, 7) is 1.44. The Kier molecular flexibility index (Phi) is 6.16. The molecule has 3 rings (SSSR count). The molecular formula is C21H21N3O4. The lowest BCUT2D eigenvalue weighted by atomic mass is 10.1. The van der Waals surface area contributed by atoms with Gasteiger partial charge in [-0.1, -0.05) is 48.5 Å². The minimum Gasteiger partial charge on any atom is -0.451 e. The lowest BCUT2D eigenvalue weighted by Crippen LogP contribution is -2.36. The van der Waals surface area contributed by atoms with Crippen molar-refractivity contribution in [3.05, 3.63) is 66.2 Å². The van der Waals surface area contributed by atoms with Crippen molar-refractivity contribution in [3.63, 3.8) is 0 Å². The molecule has 2 aromatic rings. The van der Waals surface area contributed by atoms with Crippen molar-refractivity contribution < 1.29 is 19.1 Å². The van der Waals surface area contributed by atoms with E-state index in [1.54, 1.807) is 24.3 Å². The van der Waals surface area contributed by atoms with Gasteiger partial charge in [-0.3, -0.25) is 9.59 Å². The minimum atomic E-state index is -0.698. The second kappa shape index (κ2) is 8.94. The third kappa shape index (κ3) is 4.82. The number of carbonyl (C=O) groups excluding carboxylic acids is 3. The molecule has 28 heavy (non-hydrogen) atoms. The van der Waals surface area contributed by atoms with Crippen LogP contribution in [0.2, 0.25) is 0 Å². The number of anilines is 1. The second-order valence-corrected chi connectivity index (χ2v) is 6.36. The monoisotopic (exact) mass is 379 g/mol. The van der Waals surface area contributed by atoms with Crippen molar-refractivity contribution in [2.24, 2.45) is 5.10 Å². The second-order valence-electron chi connectivity index (χ2n) is 6.36. The van der Waals surface area contributed by atoms with Crippen molar-refractivity contribution in [2.45, 2.75) is 25.8 Å². The number of hydrazone groups is 1. The Hall–Kier alpha value is -3.48.